The third-order valence-electron chi connectivity index (χ3n) is 3.22. The molecule has 0 spiro atoms. The van der Waals surface area contributed by atoms with Crippen LogP contribution in [-0.4, -0.2) is 24.8 Å². The number of carbonyl (C=O) groups excluding carboxylic acids is 1. The second-order valence-corrected chi connectivity index (χ2v) is 8.84. The Morgan fingerprint density at radius 3 is 2.70 bits per heavy atom. The zero-order valence-electron chi connectivity index (χ0n) is 10.8. The summed E-state index contributed by atoms with van der Waals surface area (Å²) in [7, 11) is -3.75. The van der Waals surface area contributed by atoms with Crippen molar-refractivity contribution in [3.63, 3.8) is 0 Å². The average Bonchev–Trinajstić information content (AvgIpc) is 2.78. The molecule has 3 N–H and O–H groups in total. The van der Waals surface area contributed by atoms with Crippen molar-refractivity contribution in [1.82, 2.24) is 0 Å². The summed E-state index contributed by atoms with van der Waals surface area (Å²) in [4.78, 5) is 12.3. The first-order chi connectivity index (χ1) is 9.22. The van der Waals surface area contributed by atoms with E-state index in [9.17, 15) is 13.2 Å². The molecule has 0 bridgehead atoms. The number of anilines is 1. The van der Waals surface area contributed by atoms with Gasteiger partial charge in [0.05, 0.1) is 15.3 Å². The van der Waals surface area contributed by atoms with Gasteiger partial charge in [0.2, 0.25) is 15.9 Å². The van der Waals surface area contributed by atoms with Crippen molar-refractivity contribution in [1.29, 1.82) is 0 Å². The molecular formula is C12H15BrN2O3S2. The lowest BCUT2D eigenvalue weighted by Crippen LogP contribution is -2.34. The van der Waals surface area contributed by atoms with Crippen molar-refractivity contribution in [2.45, 2.75) is 29.4 Å². The van der Waals surface area contributed by atoms with Gasteiger partial charge in [0.25, 0.3) is 0 Å². The quantitative estimate of drug-likeness (QED) is 0.844. The number of hydrogen-bond donors (Lipinski definition) is 2. The third-order valence-corrected chi connectivity index (χ3v) is 6.30. The Labute approximate surface area is 130 Å². The van der Waals surface area contributed by atoms with E-state index >= 15 is 0 Å². The summed E-state index contributed by atoms with van der Waals surface area (Å²) in [6.07, 6.45) is 1.87. The van der Waals surface area contributed by atoms with E-state index in [4.69, 9.17) is 5.14 Å². The van der Waals surface area contributed by atoms with Crippen LogP contribution < -0.4 is 10.5 Å². The van der Waals surface area contributed by atoms with E-state index in [-0.39, 0.29) is 10.8 Å². The predicted octanol–water partition coefficient (Wildman–Crippen LogP) is 2.32. The number of nitrogens with two attached hydrogens (primary N) is 1. The zero-order chi connectivity index (χ0) is 15.0. The number of nitrogens with one attached hydrogen (secondary N) is 1. The minimum atomic E-state index is -3.75. The van der Waals surface area contributed by atoms with Gasteiger partial charge in [0, 0.05) is 4.47 Å². The third kappa shape index (κ3) is 3.36. The second kappa shape index (κ2) is 5.67. The lowest BCUT2D eigenvalue weighted by molar-refractivity contribution is -0.118. The molecule has 1 unspecified atom stereocenters. The van der Waals surface area contributed by atoms with Crippen LogP contribution in [0.1, 0.15) is 19.8 Å². The molecule has 2 rings (SSSR count). The van der Waals surface area contributed by atoms with Gasteiger partial charge >= 0.3 is 0 Å². The number of rotatable bonds is 3. The number of halogens is 1. The minimum absolute atomic E-state index is 0.00354. The molecule has 110 valence electrons. The standard InChI is InChI=1S/C12H15BrN2O3S2/c1-12(5-2-6-19-12)11(16)15-10-4-3-8(7-9(10)13)20(14,17)18/h3-4,7H,2,5-6H2,1H3,(H,15,16)(H2,14,17,18). The van der Waals surface area contributed by atoms with Crippen LogP contribution in [0.4, 0.5) is 5.69 Å². The lowest BCUT2D eigenvalue weighted by Gasteiger charge is -2.22. The van der Waals surface area contributed by atoms with Crippen LogP contribution in [0.3, 0.4) is 0 Å². The molecule has 0 saturated carbocycles. The second-order valence-electron chi connectivity index (χ2n) is 4.82. The average molecular weight is 379 g/mol. The monoisotopic (exact) mass is 378 g/mol. The Bertz CT molecular complexity index is 640. The highest BCUT2D eigenvalue weighted by Crippen LogP contribution is 2.39. The SMILES string of the molecule is CC1(C(=O)Nc2ccc(S(N)(=O)=O)cc2Br)CCCS1. The van der Waals surface area contributed by atoms with Crippen LogP contribution in [-0.2, 0) is 14.8 Å². The Kier molecular flexibility index (Phi) is 4.48. The van der Waals surface area contributed by atoms with Gasteiger partial charge in [-0.3, -0.25) is 4.79 Å². The molecule has 5 nitrogen and oxygen atoms in total. The summed E-state index contributed by atoms with van der Waals surface area (Å²) < 4.78 is 22.6. The number of hydrogen-bond acceptors (Lipinski definition) is 4. The number of amides is 1. The first kappa shape index (κ1) is 15.8. The summed E-state index contributed by atoms with van der Waals surface area (Å²) >= 11 is 4.89. The van der Waals surface area contributed by atoms with Crippen LogP contribution in [0, 0.1) is 0 Å². The minimum Gasteiger partial charge on any atom is -0.324 e. The molecule has 0 aromatic heterocycles. The highest BCUT2D eigenvalue weighted by atomic mass is 79.9. The topological polar surface area (TPSA) is 89.3 Å². The number of carbonyl (C=O) groups is 1. The van der Waals surface area contributed by atoms with Crippen LogP contribution in [0.25, 0.3) is 0 Å². The van der Waals surface area contributed by atoms with Crippen molar-refractivity contribution in [3.05, 3.63) is 22.7 Å². The maximum Gasteiger partial charge on any atom is 0.240 e. The molecule has 1 fully saturated rings. The van der Waals surface area contributed by atoms with E-state index in [1.165, 1.54) is 18.2 Å². The zero-order valence-corrected chi connectivity index (χ0v) is 14.1. The predicted molar refractivity (Wildman–Crippen MR) is 84.2 cm³/mol. The number of benzene rings is 1. The van der Waals surface area contributed by atoms with Crippen LogP contribution in [0.2, 0.25) is 0 Å². The molecule has 1 atom stereocenters. The molecule has 0 aliphatic carbocycles. The van der Waals surface area contributed by atoms with Crippen LogP contribution >= 0.6 is 27.7 Å². The van der Waals surface area contributed by atoms with Crippen molar-refractivity contribution in [2.24, 2.45) is 5.14 Å². The van der Waals surface area contributed by atoms with E-state index in [1.54, 1.807) is 11.8 Å². The van der Waals surface area contributed by atoms with E-state index in [0.717, 1.165) is 18.6 Å². The largest absolute Gasteiger partial charge is 0.324 e. The first-order valence-corrected chi connectivity index (χ1v) is 9.33. The number of primary sulfonamides is 1. The summed E-state index contributed by atoms with van der Waals surface area (Å²) in [5.41, 5.74) is 0.538. The van der Waals surface area contributed by atoms with Crippen molar-refractivity contribution >= 4 is 49.3 Å². The molecule has 8 heteroatoms. The first-order valence-electron chi connectivity index (χ1n) is 6.00. The van der Waals surface area contributed by atoms with Gasteiger partial charge < -0.3 is 5.32 Å². The summed E-state index contributed by atoms with van der Waals surface area (Å²) in [5, 5.41) is 7.89. The Balaban J connectivity index is 2.20. The molecule has 1 heterocycles. The van der Waals surface area contributed by atoms with Crippen LogP contribution in [0.15, 0.2) is 27.6 Å². The van der Waals surface area contributed by atoms with Gasteiger partial charge in [-0.15, -0.1) is 11.8 Å². The molecule has 1 aliphatic rings. The van der Waals surface area contributed by atoms with Crippen molar-refractivity contribution < 1.29 is 13.2 Å². The van der Waals surface area contributed by atoms with Gasteiger partial charge in [-0.1, -0.05) is 0 Å². The molecule has 1 aromatic rings. The molecular weight excluding hydrogens is 364 g/mol. The molecule has 1 amide bonds. The van der Waals surface area contributed by atoms with Gasteiger partial charge in [0.15, 0.2) is 0 Å². The molecule has 0 radical (unpaired) electrons. The Morgan fingerprint density at radius 2 is 2.20 bits per heavy atom. The molecule has 1 aromatic carbocycles. The van der Waals surface area contributed by atoms with Gasteiger partial charge in [-0.2, -0.15) is 0 Å². The van der Waals surface area contributed by atoms with Crippen LogP contribution in [0.5, 0.6) is 0 Å². The summed E-state index contributed by atoms with van der Waals surface area (Å²) in [6, 6.07) is 4.29. The van der Waals surface area contributed by atoms with Crippen molar-refractivity contribution in [2.75, 3.05) is 11.1 Å². The van der Waals surface area contributed by atoms with Crippen molar-refractivity contribution in [3.8, 4) is 0 Å². The maximum absolute atomic E-state index is 12.3. The number of thioether (sulfide) groups is 1. The fourth-order valence-corrected chi connectivity index (χ4v) is 4.37. The van der Waals surface area contributed by atoms with Gasteiger partial charge in [-0.05, 0) is 59.6 Å². The lowest BCUT2D eigenvalue weighted by atomic mass is 10.0. The summed E-state index contributed by atoms with van der Waals surface area (Å²) in [6.45, 7) is 1.92. The fraction of sp³-hybridized carbons (Fsp3) is 0.417. The molecule has 1 saturated heterocycles. The van der Waals surface area contributed by atoms with Gasteiger partial charge in [-0.25, -0.2) is 13.6 Å². The molecule has 20 heavy (non-hydrogen) atoms. The number of sulfonamides is 1. The fourth-order valence-electron chi connectivity index (χ4n) is 1.99. The maximum atomic E-state index is 12.3. The highest BCUT2D eigenvalue weighted by Gasteiger charge is 2.37. The summed E-state index contributed by atoms with van der Waals surface area (Å²) in [5.74, 6) is 0.916. The smallest absolute Gasteiger partial charge is 0.240 e. The van der Waals surface area contributed by atoms with E-state index in [2.05, 4.69) is 21.2 Å². The molecule has 1 aliphatic heterocycles. The van der Waals surface area contributed by atoms with E-state index in [1.807, 2.05) is 6.92 Å². The van der Waals surface area contributed by atoms with E-state index < -0.39 is 14.8 Å². The van der Waals surface area contributed by atoms with Gasteiger partial charge in [0.1, 0.15) is 0 Å². The highest BCUT2D eigenvalue weighted by molar-refractivity contribution is 9.10. The Morgan fingerprint density at radius 1 is 1.50 bits per heavy atom. The normalized spacial score (nSPS) is 22.8. The van der Waals surface area contributed by atoms with E-state index in [0.29, 0.717) is 10.2 Å². The Hall–Kier alpha value is -0.570.